The summed E-state index contributed by atoms with van der Waals surface area (Å²) in [7, 11) is 0. The molecule has 1 aromatic rings. The first-order valence-corrected chi connectivity index (χ1v) is 5.60. The summed E-state index contributed by atoms with van der Waals surface area (Å²) in [5.41, 5.74) is 1.28. The first-order chi connectivity index (χ1) is 7.27. The van der Waals surface area contributed by atoms with Gasteiger partial charge >= 0.3 is 0 Å². The molecule has 0 aromatic heterocycles. The third-order valence-corrected chi connectivity index (χ3v) is 2.72. The normalized spacial score (nSPS) is 20.9. The van der Waals surface area contributed by atoms with Crippen LogP contribution >= 0.6 is 0 Å². The van der Waals surface area contributed by atoms with E-state index in [4.69, 9.17) is 9.47 Å². The number of para-hydroxylation sites is 1. The summed E-state index contributed by atoms with van der Waals surface area (Å²) in [5.74, 6) is 1.52. The standard InChI is InChI=1S/C13H18O2/c1-10(2)12-5-3-4-6-13(12)15-11-7-8-14-9-11/h3-6,10-11H,7-9H2,1-2H3. The van der Waals surface area contributed by atoms with Crippen LogP contribution in [0.1, 0.15) is 31.7 Å². The molecule has 1 unspecified atom stereocenters. The minimum atomic E-state index is 0.241. The molecule has 0 spiro atoms. The molecule has 0 N–H and O–H groups in total. The van der Waals surface area contributed by atoms with E-state index in [9.17, 15) is 0 Å². The molecule has 2 rings (SSSR count). The molecule has 0 bridgehead atoms. The number of ether oxygens (including phenoxy) is 2. The highest BCUT2D eigenvalue weighted by Gasteiger charge is 2.18. The summed E-state index contributed by atoms with van der Waals surface area (Å²) in [6, 6.07) is 8.27. The van der Waals surface area contributed by atoms with Crippen LogP contribution in [0.4, 0.5) is 0 Å². The minimum absolute atomic E-state index is 0.241. The fourth-order valence-corrected chi connectivity index (χ4v) is 1.85. The van der Waals surface area contributed by atoms with Crippen molar-refractivity contribution in [2.75, 3.05) is 13.2 Å². The van der Waals surface area contributed by atoms with Crippen LogP contribution < -0.4 is 4.74 Å². The van der Waals surface area contributed by atoms with Crippen LogP contribution in [-0.2, 0) is 4.74 Å². The van der Waals surface area contributed by atoms with E-state index in [1.165, 1.54) is 5.56 Å². The Bertz CT molecular complexity index is 314. The summed E-state index contributed by atoms with van der Waals surface area (Å²) in [5, 5.41) is 0. The van der Waals surface area contributed by atoms with E-state index in [2.05, 4.69) is 26.0 Å². The van der Waals surface area contributed by atoms with E-state index >= 15 is 0 Å². The second-order valence-electron chi connectivity index (χ2n) is 4.30. The maximum atomic E-state index is 5.94. The Balaban J connectivity index is 2.12. The van der Waals surface area contributed by atoms with Crippen LogP contribution in [0.15, 0.2) is 24.3 Å². The van der Waals surface area contributed by atoms with Crippen molar-refractivity contribution in [2.45, 2.75) is 32.3 Å². The lowest BCUT2D eigenvalue weighted by Crippen LogP contribution is -2.16. The molecule has 1 aromatic carbocycles. The van der Waals surface area contributed by atoms with Crippen molar-refractivity contribution in [2.24, 2.45) is 0 Å². The summed E-state index contributed by atoms with van der Waals surface area (Å²) < 4.78 is 11.2. The lowest BCUT2D eigenvalue weighted by atomic mass is 10.0. The Hall–Kier alpha value is -1.02. The third-order valence-electron chi connectivity index (χ3n) is 2.72. The van der Waals surface area contributed by atoms with Gasteiger partial charge in [-0.1, -0.05) is 32.0 Å². The first kappa shape index (κ1) is 10.5. The average molecular weight is 206 g/mol. The molecule has 82 valence electrons. The van der Waals surface area contributed by atoms with Crippen molar-refractivity contribution in [3.63, 3.8) is 0 Å². The lowest BCUT2D eigenvalue weighted by molar-refractivity contribution is 0.140. The molecule has 15 heavy (non-hydrogen) atoms. The molecular weight excluding hydrogens is 188 g/mol. The SMILES string of the molecule is CC(C)c1ccccc1OC1CCOC1. The van der Waals surface area contributed by atoms with Crippen molar-refractivity contribution in [1.29, 1.82) is 0 Å². The molecule has 2 nitrogen and oxygen atoms in total. The second kappa shape index (κ2) is 4.67. The summed E-state index contributed by atoms with van der Waals surface area (Å²) in [6.45, 7) is 5.93. The van der Waals surface area contributed by atoms with Gasteiger partial charge in [-0.3, -0.25) is 0 Å². The van der Waals surface area contributed by atoms with Gasteiger partial charge in [0.25, 0.3) is 0 Å². The fraction of sp³-hybridized carbons (Fsp3) is 0.538. The molecular formula is C13H18O2. The smallest absolute Gasteiger partial charge is 0.124 e. The van der Waals surface area contributed by atoms with E-state index in [0.717, 1.165) is 25.4 Å². The van der Waals surface area contributed by atoms with E-state index < -0.39 is 0 Å². The zero-order chi connectivity index (χ0) is 10.7. The molecule has 1 aliphatic heterocycles. The highest BCUT2D eigenvalue weighted by Crippen LogP contribution is 2.27. The van der Waals surface area contributed by atoms with Gasteiger partial charge in [-0.05, 0) is 17.5 Å². The molecule has 0 saturated carbocycles. The number of hydrogen-bond acceptors (Lipinski definition) is 2. The van der Waals surface area contributed by atoms with Gasteiger partial charge in [0.15, 0.2) is 0 Å². The van der Waals surface area contributed by atoms with Crippen molar-refractivity contribution in [3.8, 4) is 5.75 Å². The molecule has 1 aliphatic rings. The van der Waals surface area contributed by atoms with Gasteiger partial charge in [-0.2, -0.15) is 0 Å². The number of hydrogen-bond donors (Lipinski definition) is 0. The predicted molar refractivity (Wildman–Crippen MR) is 60.4 cm³/mol. The molecule has 0 aliphatic carbocycles. The summed E-state index contributed by atoms with van der Waals surface area (Å²) >= 11 is 0. The van der Waals surface area contributed by atoms with Gasteiger partial charge in [0.1, 0.15) is 11.9 Å². The minimum Gasteiger partial charge on any atom is -0.488 e. The molecule has 2 heteroatoms. The van der Waals surface area contributed by atoms with E-state index in [1.807, 2.05) is 12.1 Å². The number of benzene rings is 1. The van der Waals surface area contributed by atoms with Crippen molar-refractivity contribution < 1.29 is 9.47 Å². The van der Waals surface area contributed by atoms with E-state index in [-0.39, 0.29) is 6.10 Å². The van der Waals surface area contributed by atoms with Crippen LogP contribution in [0.25, 0.3) is 0 Å². The molecule has 1 heterocycles. The topological polar surface area (TPSA) is 18.5 Å². The number of rotatable bonds is 3. The monoisotopic (exact) mass is 206 g/mol. The maximum absolute atomic E-state index is 5.94. The predicted octanol–water partition coefficient (Wildman–Crippen LogP) is 2.98. The Morgan fingerprint density at radius 3 is 2.80 bits per heavy atom. The van der Waals surface area contributed by atoms with Crippen LogP contribution in [0, 0.1) is 0 Å². The van der Waals surface area contributed by atoms with Gasteiger partial charge in [0, 0.05) is 6.42 Å². The highest BCUT2D eigenvalue weighted by atomic mass is 16.5. The van der Waals surface area contributed by atoms with Crippen molar-refractivity contribution in [3.05, 3.63) is 29.8 Å². The Kier molecular flexibility index (Phi) is 3.27. The van der Waals surface area contributed by atoms with Crippen LogP contribution in [-0.4, -0.2) is 19.3 Å². The fourth-order valence-electron chi connectivity index (χ4n) is 1.85. The van der Waals surface area contributed by atoms with Crippen LogP contribution in [0.3, 0.4) is 0 Å². The largest absolute Gasteiger partial charge is 0.488 e. The molecule has 0 amide bonds. The Morgan fingerprint density at radius 2 is 2.13 bits per heavy atom. The van der Waals surface area contributed by atoms with Crippen LogP contribution in [0.5, 0.6) is 5.75 Å². The van der Waals surface area contributed by atoms with Crippen molar-refractivity contribution >= 4 is 0 Å². The summed E-state index contributed by atoms with van der Waals surface area (Å²) in [4.78, 5) is 0. The zero-order valence-electron chi connectivity index (χ0n) is 9.40. The summed E-state index contributed by atoms with van der Waals surface area (Å²) in [6.07, 6.45) is 1.25. The van der Waals surface area contributed by atoms with Gasteiger partial charge < -0.3 is 9.47 Å². The van der Waals surface area contributed by atoms with Gasteiger partial charge in [0.2, 0.25) is 0 Å². The lowest BCUT2D eigenvalue weighted by Gasteiger charge is -2.17. The average Bonchev–Trinajstić information content (AvgIpc) is 2.71. The van der Waals surface area contributed by atoms with Gasteiger partial charge in [0.05, 0.1) is 13.2 Å². The Labute approximate surface area is 91.2 Å². The van der Waals surface area contributed by atoms with E-state index in [0.29, 0.717) is 5.92 Å². The molecule has 0 radical (unpaired) electrons. The Morgan fingerprint density at radius 1 is 1.33 bits per heavy atom. The first-order valence-electron chi connectivity index (χ1n) is 5.60. The van der Waals surface area contributed by atoms with Gasteiger partial charge in [-0.15, -0.1) is 0 Å². The van der Waals surface area contributed by atoms with Crippen molar-refractivity contribution in [1.82, 2.24) is 0 Å². The zero-order valence-corrected chi connectivity index (χ0v) is 9.40. The maximum Gasteiger partial charge on any atom is 0.124 e. The van der Waals surface area contributed by atoms with Crippen LogP contribution in [0.2, 0.25) is 0 Å². The van der Waals surface area contributed by atoms with Gasteiger partial charge in [-0.25, -0.2) is 0 Å². The molecule has 1 fully saturated rings. The van der Waals surface area contributed by atoms with E-state index in [1.54, 1.807) is 0 Å². The highest BCUT2D eigenvalue weighted by molar-refractivity contribution is 5.35. The molecule has 1 atom stereocenters. The third kappa shape index (κ3) is 2.51. The quantitative estimate of drug-likeness (QED) is 0.757. The molecule has 1 saturated heterocycles. The second-order valence-corrected chi connectivity index (χ2v) is 4.30.